The zero-order valence-electron chi connectivity index (χ0n) is 30.4. The molecule has 0 fully saturated rings. The summed E-state index contributed by atoms with van der Waals surface area (Å²) in [7, 11) is 0. The summed E-state index contributed by atoms with van der Waals surface area (Å²) in [5.74, 6) is 1.82. The van der Waals surface area contributed by atoms with Crippen LogP contribution in [-0.4, -0.2) is 0 Å². The fraction of sp³-hybridized carbons (Fsp3) is 0.0182. The van der Waals surface area contributed by atoms with E-state index < -0.39 is 5.41 Å². The monoisotopic (exact) mass is 708 g/mol. The van der Waals surface area contributed by atoms with Crippen molar-refractivity contribution in [2.75, 3.05) is 0 Å². The summed E-state index contributed by atoms with van der Waals surface area (Å²) >= 11 is 0. The van der Waals surface area contributed by atoms with Crippen molar-refractivity contribution in [1.29, 1.82) is 0 Å². The molecule has 1 heteroatoms. The van der Waals surface area contributed by atoms with Crippen LogP contribution < -0.4 is 4.74 Å². The third-order valence-corrected chi connectivity index (χ3v) is 12.9. The Bertz CT molecular complexity index is 3300. The van der Waals surface area contributed by atoms with Crippen LogP contribution in [0.4, 0.5) is 0 Å². The summed E-state index contributed by atoms with van der Waals surface area (Å²) in [6.45, 7) is 0. The minimum absolute atomic E-state index is 0.451. The molecule has 0 unspecified atom stereocenters. The van der Waals surface area contributed by atoms with E-state index in [-0.39, 0.29) is 0 Å². The summed E-state index contributed by atoms with van der Waals surface area (Å²) < 4.78 is 6.50. The van der Waals surface area contributed by atoms with Gasteiger partial charge in [0.05, 0.1) is 5.41 Å². The number of hydrogen-bond acceptors (Lipinski definition) is 1. The fourth-order valence-corrected chi connectivity index (χ4v) is 10.7. The number of para-hydroxylation sites is 1. The maximum absolute atomic E-state index is 6.50. The second kappa shape index (κ2) is 10.9. The first-order valence-electron chi connectivity index (χ1n) is 19.5. The van der Waals surface area contributed by atoms with Crippen molar-refractivity contribution in [2.24, 2.45) is 0 Å². The van der Waals surface area contributed by atoms with Crippen LogP contribution in [0, 0.1) is 0 Å². The minimum atomic E-state index is -0.451. The van der Waals surface area contributed by atoms with E-state index >= 15 is 0 Å². The van der Waals surface area contributed by atoms with Gasteiger partial charge in [0.15, 0.2) is 0 Å². The predicted molar refractivity (Wildman–Crippen MR) is 232 cm³/mol. The van der Waals surface area contributed by atoms with Gasteiger partial charge in [0, 0.05) is 10.9 Å². The van der Waals surface area contributed by atoms with Crippen molar-refractivity contribution in [1.82, 2.24) is 0 Å². The van der Waals surface area contributed by atoms with Crippen molar-refractivity contribution in [2.45, 2.75) is 5.41 Å². The largest absolute Gasteiger partial charge is 0.456 e. The molecule has 2 aliphatic carbocycles. The molecule has 0 bridgehead atoms. The molecule has 10 aromatic carbocycles. The number of fused-ring (bicyclic) bond motifs is 14. The molecular formula is C55H32O. The first-order chi connectivity index (χ1) is 27.8. The van der Waals surface area contributed by atoms with Crippen LogP contribution in [0.5, 0.6) is 11.5 Å². The molecule has 10 aromatic rings. The standard InChI is InChI=1S/C55H32O/c1-2-15-36-33(13-1)14-11-20-43(36)53-38-28-27-34(37-29-30-51-52-42(37)21-12-22-44(52)41-18-6-10-26-50(41)56-51)31-35(38)32-49-54(53)45-19-5-9-25-48(45)55(49)46-23-7-3-16-39(46)40-17-4-8-24-47(40)55/h1-32H. The van der Waals surface area contributed by atoms with Crippen LogP contribution in [0.15, 0.2) is 194 Å². The molecule has 0 saturated heterocycles. The fourth-order valence-electron chi connectivity index (χ4n) is 10.7. The molecule has 1 nitrogen and oxygen atoms in total. The molecule has 1 aliphatic heterocycles. The van der Waals surface area contributed by atoms with Gasteiger partial charge < -0.3 is 4.74 Å². The predicted octanol–water partition coefficient (Wildman–Crippen LogP) is 14.6. The van der Waals surface area contributed by atoms with Crippen LogP contribution in [0.1, 0.15) is 22.3 Å². The third kappa shape index (κ3) is 3.75. The van der Waals surface area contributed by atoms with Crippen LogP contribution in [-0.2, 0) is 5.41 Å². The molecule has 0 atom stereocenters. The Morgan fingerprint density at radius 2 is 0.911 bits per heavy atom. The van der Waals surface area contributed by atoms with E-state index in [4.69, 9.17) is 4.74 Å². The van der Waals surface area contributed by atoms with Crippen molar-refractivity contribution < 1.29 is 4.74 Å². The Kier molecular flexibility index (Phi) is 5.89. The van der Waals surface area contributed by atoms with Crippen molar-refractivity contribution in [3.8, 4) is 67.1 Å². The van der Waals surface area contributed by atoms with Gasteiger partial charge in [0.2, 0.25) is 0 Å². The van der Waals surface area contributed by atoms with Crippen molar-refractivity contribution >= 4 is 32.3 Å². The molecule has 1 heterocycles. The van der Waals surface area contributed by atoms with E-state index in [0.717, 1.165) is 17.1 Å². The molecule has 0 radical (unpaired) electrons. The normalized spacial score (nSPS) is 13.6. The SMILES string of the molecule is c1ccc2c(c1)Oc1ccc(-c3ccc4c(-c5cccc6ccccc56)c5c(cc4c3)C3(c4ccccc4-c4ccccc43)c3ccccc3-5)c3cccc-2c13. The Labute approximate surface area is 324 Å². The maximum Gasteiger partial charge on any atom is 0.135 e. The second-order valence-corrected chi connectivity index (χ2v) is 15.5. The van der Waals surface area contributed by atoms with E-state index in [9.17, 15) is 0 Å². The summed E-state index contributed by atoms with van der Waals surface area (Å²) in [6, 6.07) is 72.1. The van der Waals surface area contributed by atoms with E-state index in [0.29, 0.717) is 0 Å². The van der Waals surface area contributed by atoms with Crippen molar-refractivity contribution in [3.63, 3.8) is 0 Å². The van der Waals surface area contributed by atoms with Gasteiger partial charge in [-0.1, -0.05) is 170 Å². The van der Waals surface area contributed by atoms with E-state index in [1.165, 1.54) is 105 Å². The highest BCUT2D eigenvalue weighted by atomic mass is 16.5. The van der Waals surface area contributed by atoms with Crippen LogP contribution in [0.2, 0.25) is 0 Å². The molecule has 0 amide bonds. The van der Waals surface area contributed by atoms with Gasteiger partial charge in [0.1, 0.15) is 11.5 Å². The van der Waals surface area contributed by atoms with Gasteiger partial charge in [-0.15, -0.1) is 0 Å². The highest BCUT2D eigenvalue weighted by Crippen LogP contribution is 2.65. The summed E-state index contributed by atoms with van der Waals surface area (Å²) in [6.07, 6.45) is 0. The lowest BCUT2D eigenvalue weighted by molar-refractivity contribution is 0.487. The maximum atomic E-state index is 6.50. The van der Waals surface area contributed by atoms with Gasteiger partial charge in [0.25, 0.3) is 0 Å². The zero-order chi connectivity index (χ0) is 36.5. The highest BCUT2D eigenvalue weighted by Gasteiger charge is 2.52. The lowest BCUT2D eigenvalue weighted by atomic mass is 9.70. The number of hydrogen-bond donors (Lipinski definition) is 0. The first-order valence-corrected chi connectivity index (χ1v) is 19.5. The Morgan fingerprint density at radius 1 is 0.304 bits per heavy atom. The lowest BCUT2D eigenvalue weighted by Gasteiger charge is -2.31. The molecule has 0 aromatic heterocycles. The van der Waals surface area contributed by atoms with Crippen LogP contribution in [0.25, 0.3) is 88.0 Å². The average molecular weight is 709 g/mol. The first kappa shape index (κ1) is 30.1. The summed E-state index contributed by atoms with van der Waals surface area (Å²) in [5.41, 5.74) is 17.6. The van der Waals surface area contributed by atoms with E-state index in [1.807, 2.05) is 6.07 Å². The van der Waals surface area contributed by atoms with Gasteiger partial charge in [-0.25, -0.2) is 0 Å². The number of benzene rings is 10. The topological polar surface area (TPSA) is 9.23 Å². The Hall–Kier alpha value is -7.22. The molecular weight excluding hydrogens is 677 g/mol. The Balaban J connectivity index is 1.16. The van der Waals surface area contributed by atoms with Crippen LogP contribution >= 0.6 is 0 Å². The summed E-state index contributed by atoms with van der Waals surface area (Å²) in [5, 5.41) is 7.38. The van der Waals surface area contributed by atoms with Crippen LogP contribution in [0.3, 0.4) is 0 Å². The molecule has 258 valence electrons. The van der Waals surface area contributed by atoms with Gasteiger partial charge in [-0.2, -0.15) is 0 Å². The smallest absolute Gasteiger partial charge is 0.135 e. The zero-order valence-corrected chi connectivity index (χ0v) is 30.4. The number of rotatable bonds is 2. The van der Waals surface area contributed by atoms with Gasteiger partial charge in [-0.3, -0.25) is 0 Å². The van der Waals surface area contributed by atoms with E-state index in [1.54, 1.807) is 0 Å². The second-order valence-electron chi connectivity index (χ2n) is 15.5. The molecule has 0 saturated carbocycles. The highest BCUT2D eigenvalue weighted by molar-refractivity contribution is 6.16. The molecule has 13 rings (SSSR count). The average Bonchev–Trinajstić information content (AvgIpc) is 3.73. The summed E-state index contributed by atoms with van der Waals surface area (Å²) in [4.78, 5) is 0. The van der Waals surface area contributed by atoms with E-state index in [2.05, 4.69) is 188 Å². The third-order valence-electron chi connectivity index (χ3n) is 12.9. The molecule has 56 heavy (non-hydrogen) atoms. The minimum Gasteiger partial charge on any atom is -0.456 e. The van der Waals surface area contributed by atoms with Crippen molar-refractivity contribution in [3.05, 3.63) is 216 Å². The Morgan fingerprint density at radius 3 is 1.73 bits per heavy atom. The van der Waals surface area contributed by atoms with Gasteiger partial charge >= 0.3 is 0 Å². The molecule has 0 N–H and O–H groups in total. The molecule has 3 aliphatic rings. The van der Waals surface area contributed by atoms with Gasteiger partial charge in [-0.05, 0) is 124 Å². The number of ether oxygens (including phenoxy) is 1. The lowest BCUT2D eigenvalue weighted by Crippen LogP contribution is -2.25. The molecule has 1 spiro atoms. The quantitative estimate of drug-likeness (QED) is 0.174.